The first kappa shape index (κ1) is 19.3. The van der Waals surface area contributed by atoms with Crippen molar-refractivity contribution in [1.82, 2.24) is 5.32 Å². The standard InChI is InChI=1S/C20H23NO5/c1-2-3-10-25-17-8-4-6-15(11-17)13-21-20(24)16-7-5-9-18(12-16)26-14-19(22)23/h4-9,11-12H,2-3,10,13-14H2,1H3,(H,21,24)(H,22,23). The zero-order chi connectivity index (χ0) is 18.8. The molecule has 0 saturated heterocycles. The van der Waals surface area contributed by atoms with Crippen LogP contribution in [0.25, 0.3) is 0 Å². The van der Waals surface area contributed by atoms with E-state index >= 15 is 0 Å². The third-order valence-corrected chi connectivity index (χ3v) is 3.58. The summed E-state index contributed by atoms with van der Waals surface area (Å²) in [5.41, 5.74) is 1.34. The Bertz CT molecular complexity index is 744. The number of hydrogen-bond donors (Lipinski definition) is 2. The Morgan fingerprint density at radius 3 is 2.50 bits per heavy atom. The second-order valence-electron chi connectivity index (χ2n) is 5.74. The Hall–Kier alpha value is -3.02. The van der Waals surface area contributed by atoms with Crippen molar-refractivity contribution < 1.29 is 24.2 Å². The maximum absolute atomic E-state index is 12.3. The quantitative estimate of drug-likeness (QED) is 0.638. The maximum Gasteiger partial charge on any atom is 0.341 e. The van der Waals surface area contributed by atoms with E-state index in [1.165, 1.54) is 6.07 Å². The van der Waals surface area contributed by atoms with Crippen LogP contribution < -0.4 is 14.8 Å². The van der Waals surface area contributed by atoms with Gasteiger partial charge in [0, 0.05) is 12.1 Å². The zero-order valence-electron chi connectivity index (χ0n) is 14.7. The molecule has 0 radical (unpaired) electrons. The van der Waals surface area contributed by atoms with Gasteiger partial charge in [0.2, 0.25) is 0 Å². The van der Waals surface area contributed by atoms with Crippen LogP contribution >= 0.6 is 0 Å². The molecule has 2 N–H and O–H groups in total. The number of carboxylic acids is 1. The van der Waals surface area contributed by atoms with Crippen LogP contribution in [-0.4, -0.2) is 30.2 Å². The lowest BCUT2D eigenvalue weighted by Gasteiger charge is -2.09. The van der Waals surface area contributed by atoms with Crippen LogP contribution in [-0.2, 0) is 11.3 Å². The normalized spacial score (nSPS) is 10.2. The van der Waals surface area contributed by atoms with Crippen molar-refractivity contribution in [3.05, 3.63) is 59.7 Å². The molecular formula is C20H23NO5. The minimum Gasteiger partial charge on any atom is -0.494 e. The summed E-state index contributed by atoms with van der Waals surface area (Å²) < 4.78 is 10.8. The van der Waals surface area contributed by atoms with Crippen LogP contribution in [0.3, 0.4) is 0 Å². The van der Waals surface area contributed by atoms with Crippen molar-refractivity contribution in [3.63, 3.8) is 0 Å². The number of hydrogen-bond acceptors (Lipinski definition) is 4. The van der Waals surface area contributed by atoms with Gasteiger partial charge in [-0.05, 0) is 42.3 Å². The Morgan fingerprint density at radius 2 is 1.77 bits per heavy atom. The van der Waals surface area contributed by atoms with Crippen molar-refractivity contribution in [2.24, 2.45) is 0 Å². The second kappa shape index (κ2) is 10.1. The van der Waals surface area contributed by atoms with E-state index < -0.39 is 12.6 Å². The Kier molecular flexibility index (Phi) is 7.49. The van der Waals surface area contributed by atoms with Crippen molar-refractivity contribution in [3.8, 4) is 11.5 Å². The summed E-state index contributed by atoms with van der Waals surface area (Å²) in [6.45, 7) is 2.70. The molecule has 1 amide bonds. The number of rotatable bonds is 10. The number of unbranched alkanes of at least 4 members (excludes halogenated alkanes) is 1. The summed E-state index contributed by atoms with van der Waals surface area (Å²) in [7, 11) is 0. The summed E-state index contributed by atoms with van der Waals surface area (Å²) in [5, 5.41) is 11.5. The van der Waals surface area contributed by atoms with Gasteiger partial charge in [0.1, 0.15) is 11.5 Å². The number of benzene rings is 2. The first-order valence-corrected chi connectivity index (χ1v) is 8.53. The van der Waals surface area contributed by atoms with Gasteiger partial charge in [0.25, 0.3) is 5.91 Å². The number of ether oxygens (including phenoxy) is 2. The number of carbonyl (C=O) groups excluding carboxylic acids is 1. The van der Waals surface area contributed by atoms with Gasteiger partial charge in [-0.1, -0.05) is 31.5 Å². The molecule has 0 aliphatic carbocycles. The minimum atomic E-state index is -1.07. The fourth-order valence-corrected chi connectivity index (χ4v) is 2.24. The number of nitrogens with one attached hydrogen (secondary N) is 1. The lowest BCUT2D eigenvalue weighted by molar-refractivity contribution is -0.139. The van der Waals surface area contributed by atoms with E-state index in [1.54, 1.807) is 18.2 Å². The van der Waals surface area contributed by atoms with Crippen LogP contribution in [0.15, 0.2) is 48.5 Å². The number of carboxylic acid groups (broad SMARTS) is 1. The smallest absolute Gasteiger partial charge is 0.341 e. The molecule has 0 unspecified atom stereocenters. The molecule has 0 aliphatic rings. The van der Waals surface area contributed by atoms with Gasteiger partial charge in [-0.3, -0.25) is 4.79 Å². The molecule has 26 heavy (non-hydrogen) atoms. The van der Waals surface area contributed by atoms with E-state index in [1.807, 2.05) is 24.3 Å². The molecular weight excluding hydrogens is 334 g/mol. The highest BCUT2D eigenvalue weighted by Crippen LogP contribution is 2.15. The highest BCUT2D eigenvalue weighted by Gasteiger charge is 2.08. The van der Waals surface area contributed by atoms with Crippen molar-refractivity contribution in [2.45, 2.75) is 26.3 Å². The molecule has 6 nitrogen and oxygen atoms in total. The Morgan fingerprint density at radius 1 is 1.04 bits per heavy atom. The van der Waals surface area contributed by atoms with E-state index in [-0.39, 0.29) is 5.91 Å². The molecule has 2 aromatic carbocycles. The topological polar surface area (TPSA) is 84.9 Å². The first-order valence-electron chi connectivity index (χ1n) is 8.53. The lowest BCUT2D eigenvalue weighted by Crippen LogP contribution is -2.22. The predicted molar refractivity (Wildman–Crippen MR) is 97.6 cm³/mol. The molecule has 0 spiro atoms. The van der Waals surface area contributed by atoms with Crippen LogP contribution in [0.1, 0.15) is 35.7 Å². The molecule has 0 aromatic heterocycles. The van der Waals surface area contributed by atoms with Gasteiger partial charge >= 0.3 is 5.97 Å². The van der Waals surface area contributed by atoms with Crippen molar-refractivity contribution in [2.75, 3.05) is 13.2 Å². The van der Waals surface area contributed by atoms with Crippen LogP contribution in [0.4, 0.5) is 0 Å². The van der Waals surface area contributed by atoms with E-state index in [9.17, 15) is 9.59 Å². The van der Waals surface area contributed by atoms with Gasteiger partial charge in [0.05, 0.1) is 6.61 Å². The molecule has 0 bridgehead atoms. The first-order chi connectivity index (χ1) is 12.6. The Labute approximate surface area is 152 Å². The number of aliphatic carboxylic acids is 1. The van der Waals surface area contributed by atoms with Gasteiger partial charge in [-0.15, -0.1) is 0 Å². The second-order valence-corrected chi connectivity index (χ2v) is 5.74. The molecule has 0 fully saturated rings. The van der Waals surface area contributed by atoms with E-state index in [0.29, 0.717) is 24.5 Å². The lowest BCUT2D eigenvalue weighted by atomic mass is 10.1. The summed E-state index contributed by atoms with van der Waals surface area (Å²) >= 11 is 0. The van der Waals surface area contributed by atoms with E-state index in [4.69, 9.17) is 14.6 Å². The van der Waals surface area contributed by atoms with Crippen molar-refractivity contribution >= 4 is 11.9 Å². The molecule has 0 atom stereocenters. The van der Waals surface area contributed by atoms with Crippen molar-refractivity contribution in [1.29, 1.82) is 0 Å². The average Bonchev–Trinajstić information content (AvgIpc) is 2.65. The molecule has 0 aliphatic heterocycles. The third-order valence-electron chi connectivity index (χ3n) is 3.58. The van der Waals surface area contributed by atoms with Crippen LogP contribution in [0.5, 0.6) is 11.5 Å². The molecule has 6 heteroatoms. The zero-order valence-corrected chi connectivity index (χ0v) is 14.7. The fourth-order valence-electron chi connectivity index (χ4n) is 2.24. The molecule has 2 aromatic rings. The SMILES string of the molecule is CCCCOc1cccc(CNC(=O)c2cccc(OCC(=O)O)c2)c1. The molecule has 0 heterocycles. The van der Waals surface area contributed by atoms with E-state index in [0.717, 1.165) is 24.2 Å². The highest BCUT2D eigenvalue weighted by atomic mass is 16.5. The predicted octanol–water partition coefficient (Wildman–Crippen LogP) is 3.26. The summed E-state index contributed by atoms with van der Waals surface area (Å²) in [6, 6.07) is 14.0. The summed E-state index contributed by atoms with van der Waals surface area (Å²) in [5.74, 6) is -0.204. The minimum absolute atomic E-state index is 0.261. The molecule has 138 valence electrons. The van der Waals surface area contributed by atoms with Crippen LogP contribution in [0.2, 0.25) is 0 Å². The largest absolute Gasteiger partial charge is 0.494 e. The fraction of sp³-hybridized carbons (Fsp3) is 0.300. The van der Waals surface area contributed by atoms with Gasteiger partial charge in [-0.25, -0.2) is 4.79 Å². The van der Waals surface area contributed by atoms with Gasteiger partial charge in [-0.2, -0.15) is 0 Å². The number of carbonyl (C=O) groups is 2. The van der Waals surface area contributed by atoms with E-state index in [2.05, 4.69) is 12.2 Å². The number of amides is 1. The monoisotopic (exact) mass is 357 g/mol. The average molecular weight is 357 g/mol. The van der Waals surface area contributed by atoms with Crippen LogP contribution in [0, 0.1) is 0 Å². The summed E-state index contributed by atoms with van der Waals surface area (Å²) in [6.07, 6.45) is 2.08. The van der Waals surface area contributed by atoms with Gasteiger partial charge in [0.15, 0.2) is 6.61 Å². The highest BCUT2D eigenvalue weighted by molar-refractivity contribution is 5.94. The van der Waals surface area contributed by atoms with Gasteiger partial charge < -0.3 is 19.9 Å². The maximum atomic E-state index is 12.3. The molecule has 2 rings (SSSR count). The Balaban J connectivity index is 1.91. The molecule has 0 saturated carbocycles. The summed E-state index contributed by atoms with van der Waals surface area (Å²) in [4.78, 5) is 22.8. The third kappa shape index (κ3) is 6.47.